The summed E-state index contributed by atoms with van der Waals surface area (Å²) in [6.07, 6.45) is 0. The summed E-state index contributed by atoms with van der Waals surface area (Å²) in [6.45, 7) is 0. The normalized spacial score (nSPS) is 13.6. The van der Waals surface area contributed by atoms with Gasteiger partial charge in [-0.15, -0.1) is 5.10 Å². The van der Waals surface area contributed by atoms with Gasteiger partial charge in [-0.1, -0.05) is 41.4 Å². The molecule has 3 aromatic carbocycles. The van der Waals surface area contributed by atoms with Gasteiger partial charge in [0, 0.05) is 15.6 Å². The van der Waals surface area contributed by atoms with Crippen molar-refractivity contribution in [2.45, 2.75) is 0 Å². The SMILES string of the molecule is Clc1ccc(C2=NN(c3ccccc3)N(c3ccc(Cl)cc3)N2)cc1. The number of hydrazone groups is 1. The van der Waals surface area contributed by atoms with E-state index >= 15 is 0 Å². The van der Waals surface area contributed by atoms with Gasteiger partial charge in [-0.25, -0.2) is 0 Å². The van der Waals surface area contributed by atoms with Gasteiger partial charge in [-0.3, -0.25) is 5.43 Å². The Kier molecular flexibility index (Phi) is 4.22. The number of hydrazine groups is 2. The number of amidine groups is 1. The fourth-order valence-electron chi connectivity index (χ4n) is 2.53. The van der Waals surface area contributed by atoms with Crippen molar-refractivity contribution in [3.63, 3.8) is 0 Å². The van der Waals surface area contributed by atoms with Crippen LogP contribution in [0.5, 0.6) is 0 Å². The van der Waals surface area contributed by atoms with Crippen LogP contribution in [0.15, 0.2) is 84.0 Å². The van der Waals surface area contributed by atoms with Crippen molar-refractivity contribution < 1.29 is 0 Å². The molecule has 0 radical (unpaired) electrons. The standard InChI is InChI=1S/C19H14Cl2N4/c20-15-8-6-14(7-9-15)19-22-24(17-4-2-1-3-5-17)25(23-19)18-12-10-16(21)11-13-18/h1-13H,(H,22,23). The predicted octanol–water partition coefficient (Wildman–Crippen LogP) is 5.10. The third kappa shape index (κ3) is 3.27. The number of rotatable bonds is 3. The van der Waals surface area contributed by atoms with Crippen molar-refractivity contribution in [1.29, 1.82) is 0 Å². The van der Waals surface area contributed by atoms with Gasteiger partial charge in [0.15, 0.2) is 5.84 Å². The Morgan fingerprint density at radius 3 is 1.92 bits per heavy atom. The first-order valence-corrected chi connectivity index (χ1v) is 8.48. The molecule has 0 aromatic heterocycles. The van der Waals surface area contributed by atoms with Crippen LogP contribution in [0.2, 0.25) is 10.0 Å². The maximum atomic E-state index is 6.02. The number of nitrogens with one attached hydrogen (secondary N) is 1. The maximum absolute atomic E-state index is 6.02. The van der Waals surface area contributed by atoms with Crippen LogP contribution in [0.25, 0.3) is 0 Å². The number of para-hydroxylation sites is 1. The summed E-state index contributed by atoms with van der Waals surface area (Å²) < 4.78 is 0. The Hall–Kier alpha value is -2.69. The highest BCUT2D eigenvalue weighted by Crippen LogP contribution is 2.26. The lowest BCUT2D eigenvalue weighted by atomic mass is 10.2. The molecule has 0 unspecified atom stereocenters. The molecule has 0 amide bonds. The van der Waals surface area contributed by atoms with Crippen LogP contribution in [-0.4, -0.2) is 5.84 Å². The highest BCUT2D eigenvalue weighted by molar-refractivity contribution is 6.31. The van der Waals surface area contributed by atoms with Crippen LogP contribution in [0.3, 0.4) is 0 Å². The summed E-state index contributed by atoms with van der Waals surface area (Å²) >= 11 is 12.0. The molecule has 1 aliphatic heterocycles. The van der Waals surface area contributed by atoms with E-state index in [-0.39, 0.29) is 0 Å². The van der Waals surface area contributed by atoms with E-state index < -0.39 is 0 Å². The molecule has 25 heavy (non-hydrogen) atoms. The lowest BCUT2D eigenvalue weighted by molar-refractivity contribution is 0.771. The van der Waals surface area contributed by atoms with Crippen LogP contribution in [0.1, 0.15) is 5.56 Å². The second-order valence-corrected chi connectivity index (χ2v) is 6.35. The summed E-state index contributed by atoms with van der Waals surface area (Å²) in [5.74, 6) is 0.732. The van der Waals surface area contributed by atoms with E-state index in [4.69, 9.17) is 28.3 Å². The minimum atomic E-state index is 0.688. The maximum Gasteiger partial charge on any atom is 0.176 e. The van der Waals surface area contributed by atoms with Crippen molar-refractivity contribution in [3.8, 4) is 0 Å². The monoisotopic (exact) mass is 368 g/mol. The number of anilines is 2. The fraction of sp³-hybridized carbons (Fsp3) is 0. The average Bonchev–Trinajstić information content (AvgIpc) is 3.09. The Bertz CT molecular complexity index is 893. The molecule has 0 aliphatic carbocycles. The Balaban J connectivity index is 1.73. The molecule has 124 valence electrons. The van der Waals surface area contributed by atoms with Gasteiger partial charge in [0.1, 0.15) is 0 Å². The summed E-state index contributed by atoms with van der Waals surface area (Å²) in [6, 6.07) is 25.1. The van der Waals surface area contributed by atoms with E-state index in [1.807, 2.05) is 89.1 Å². The van der Waals surface area contributed by atoms with Gasteiger partial charge in [-0.2, -0.15) is 10.2 Å². The van der Waals surface area contributed by atoms with Crippen molar-refractivity contribution in [2.24, 2.45) is 5.10 Å². The van der Waals surface area contributed by atoms with Crippen LogP contribution >= 0.6 is 23.2 Å². The summed E-state index contributed by atoms with van der Waals surface area (Å²) in [5, 5.41) is 9.79. The van der Waals surface area contributed by atoms with E-state index in [2.05, 4.69) is 5.43 Å². The van der Waals surface area contributed by atoms with Gasteiger partial charge in [-0.05, 0) is 60.7 Å². The summed E-state index contributed by atoms with van der Waals surface area (Å²) in [4.78, 5) is 0. The second-order valence-electron chi connectivity index (χ2n) is 5.48. The second kappa shape index (κ2) is 6.67. The number of hydrogen-bond acceptors (Lipinski definition) is 4. The van der Waals surface area contributed by atoms with E-state index in [0.29, 0.717) is 10.0 Å². The average molecular weight is 369 g/mol. The molecule has 4 rings (SSSR count). The van der Waals surface area contributed by atoms with E-state index in [1.54, 1.807) is 0 Å². The van der Waals surface area contributed by atoms with Crippen molar-refractivity contribution in [2.75, 3.05) is 10.2 Å². The van der Waals surface area contributed by atoms with Crippen LogP contribution < -0.4 is 15.7 Å². The first-order valence-electron chi connectivity index (χ1n) is 7.73. The Morgan fingerprint density at radius 1 is 0.680 bits per heavy atom. The van der Waals surface area contributed by atoms with Crippen molar-refractivity contribution in [1.82, 2.24) is 5.43 Å². The number of benzene rings is 3. The molecule has 4 nitrogen and oxygen atoms in total. The molecule has 1 N–H and O–H groups in total. The zero-order valence-corrected chi connectivity index (χ0v) is 14.6. The fourth-order valence-corrected chi connectivity index (χ4v) is 2.78. The number of hydrogen-bond donors (Lipinski definition) is 1. The molecule has 3 aromatic rings. The predicted molar refractivity (Wildman–Crippen MR) is 104 cm³/mol. The van der Waals surface area contributed by atoms with Crippen molar-refractivity contribution in [3.05, 3.63) is 94.5 Å². The first kappa shape index (κ1) is 15.8. The van der Waals surface area contributed by atoms with Gasteiger partial charge in [0.05, 0.1) is 11.4 Å². The van der Waals surface area contributed by atoms with Crippen LogP contribution in [0.4, 0.5) is 11.4 Å². The Morgan fingerprint density at radius 2 is 1.28 bits per heavy atom. The molecule has 0 spiro atoms. The molecule has 0 atom stereocenters. The highest BCUT2D eigenvalue weighted by atomic mass is 35.5. The highest BCUT2D eigenvalue weighted by Gasteiger charge is 2.26. The first-order chi connectivity index (χ1) is 12.2. The molecule has 1 heterocycles. The molecule has 0 bridgehead atoms. The largest absolute Gasteiger partial charge is 0.259 e. The molecule has 0 saturated carbocycles. The third-order valence-corrected chi connectivity index (χ3v) is 4.28. The van der Waals surface area contributed by atoms with E-state index in [0.717, 1.165) is 22.8 Å². The van der Waals surface area contributed by atoms with E-state index in [9.17, 15) is 0 Å². The summed E-state index contributed by atoms with van der Waals surface area (Å²) in [5.41, 5.74) is 6.14. The van der Waals surface area contributed by atoms with Gasteiger partial charge >= 0.3 is 0 Å². The van der Waals surface area contributed by atoms with Gasteiger partial charge in [0.25, 0.3) is 0 Å². The van der Waals surface area contributed by atoms with Crippen molar-refractivity contribution >= 4 is 40.4 Å². The lowest BCUT2D eigenvalue weighted by Crippen LogP contribution is -2.44. The number of halogens is 2. The number of nitrogens with zero attached hydrogens (tertiary/aromatic N) is 3. The third-order valence-electron chi connectivity index (χ3n) is 3.77. The minimum Gasteiger partial charge on any atom is -0.259 e. The Labute approximate surface area is 155 Å². The zero-order valence-electron chi connectivity index (χ0n) is 13.1. The van der Waals surface area contributed by atoms with Crippen LogP contribution in [0, 0.1) is 0 Å². The zero-order chi connectivity index (χ0) is 17.2. The minimum absolute atomic E-state index is 0.688. The van der Waals surface area contributed by atoms with Gasteiger partial charge < -0.3 is 0 Å². The summed E-state index contributed by atoms with van der Waals surface area (Å²) in [7, 11) is 0. The molecular weight excluding hydrogens is 355 g/mol. The molecule has 0 fully saturated rings. The lowest BCUT2D eigenvalue weighted by Gasteiger charge is -2.27. The smallest absolute Gasteiger partial charge is 0.176 e. The molecule has 1 aliphatic rings. The molecule has 6 heteroatoms. The van der Waals surface area contributed by atoms with Gasteiger partial charge in [0.2, 0.25) is 0 Å². The topological polar surface area (TPSA) is 30.9 Å². The van der Waals surface area contributed by atoms with E-state index in [1.165, 1.54) is 0 Å². The molecular formula is C19H14Cl2N4. The molecule has 0 saturated heterocycles. The quantitative estimate of drug-likeness (QED) is 0.697. The van der Waals surface area contributed by atoms with Crippen LogP contribution in [-0.2, 0) is 0 Å².